The van der Waals surface area contributed by atoms with Gasteiger partial charge in [0.15, 0.2) is 11.5 Å². The van der Waals surface area contributed by atoms with Crippen LogP contribution in [0, 0.1) is 11.3 Å². The Morgan fingerprint density at radius 1 is 1.27 bits per heavy atom. The van der Waals surface area contributed by atoms with E-state index in [4.69, 9.17) is 5.26 Å². The normalized spacial score (nSPS) is 21.3. The van der Waals surface area contributed by atoms with E-state index >= 15 is 0 Å². The minimum atomic E-state index is -4.71. The third-order valence-electron chi connectivity index (χ3n) is 4.97. The number of nitrogens with zero attached hydrogens (tertiary/aromatic N) is 5. The van der Waals surface area contributed by atoms with Crippen molar-refractivity contribution in [3.63, 3.8) is 0 Å². The van der Waals surface area contributed by atoms with Crippen molar-refractivity contribution in [2.24, 2.45) is 0 Å². The number of anilines is 2. The molecule has 1 aromatic heterocycles. The van der Waals surface area contributed by atoms with Crippen molar-refractivity contribution in [3.05, 3.63) is 17.3 Å². The monoisotopic (exact) mass is 367 g/mol. The number of hydrogen-bond donors (Lipinski definition) is 0. The van der Waals surface area contributed by atoms with Crippen molar-refractivity contribution < 1.29 is 18.0 Å². The maximum atomic E-state index is 13.2. The lowest BCUT2D eigenvalue weighted by Gasteiger charge is -2.50. The summed E-state index contributed by atoms with van der Waals surface area (Å²) < 4.78 is 39.7. The second-order valence-electron chi connectivity index (χ2n) is 7.56. The molecule has 0 aromatic carbocycles. The number of piperazine rings is 1. The van der Waals surface area contributed by atoms with Gasteiger partial charge in [0.2, 0.25) is 0 Å². The Bertz CT molecular complexity index is 793. The second kappa shape index (κ2) is 5.84. The topological polar surface area (TPSA) is 63.5 Å². The van der Waals surface area contributed by atoms with Gasteiger partial charge in [0, 0.05) is 32.2 Å². The molecule has 6 nitrogen and oxygen atoms in total. The molecule has 3 rings (SSSR count). The molecule has 26 heavy (non-hydrogen) atoms. The Hall–Kier alpha value is -2.34. The van der Waals surface area contributed by atoms with Crippen LogP contribution in [0.5, 0.6) is 0 Å². The Kier molecular flexibility index (Phi) is 4.15. The molecule has 3 heterocycles. The van der Waals surface area contributed by atoms with E-state index in [2.05, 4.69) is 30.7 Å². The molecule has 0 unspecified atom stereocenters. The van der Waals surface area contributed by atoms with Gasteiger partial charge in [-0.3, -0.25) is 9.69 Å². The number of aromatic nitrogens is 1. The average Bonchev–Trinajstić information content (AvgIpc) is 2.56. The van der Waals surface area contributed by atoms with Gasteiger partial charge in [-0.05, 0) is 26.8 Å². The van der Waals surface area contributed by atoms with Crippen molar-refractivity contribution in [2.75, 3.05) is 36.5 Å². The predicted molar refractivity (Wildman–Crippen MR) is 89.8 cm³/mol. The molecule has 0 bridgehead atoms. The highest BCUT2D eigenvalue weighted by molar-refractivity contribution is 6.05. The van der Waals surface area contributed by atoms with E-state index in [1.54, 1.807) is 4.90 Å². The van der Waals surface area contributed by atoms with Gasteiger partial charge >= 0.3 is 6.18 Å². The second-order valence-corrected chi connectivity index (χ2v) is 7.56. The van der Waals surface area contributed by atoms with Gasteiger partial charge in [0.05, 0.1) is 11.3 Å². The van der Waals surface area contributed by atoms with E-state index in [0.29, 0.717) is 19.6 Å². The van der Waals surface area contributed by atoms with Gasteiger partial charge in [-0.15, -0.1) is 0 Å². The molecule has 2 aliphatic rings. The van der Waals surface area contributed by atoms with E-state index < -0.39 is 23.5 Å². The Morgan fingerprint density at radius 3 is 2.46 bits per heavy atom. The summed E-state index contributed by atoms with van der Waals surface area (Å²) in [4.78, 5) is 21.9. The molecular formula is C17H20F3N5O. The first-order chi connectivity index (χ1) is 11.9. The lowest BCUT2D eigenvalue weighted by molar-refractivity contribution is -0.138. The summed E-state index contributed by atoms with van der Waals surface area (Å²) in [6, 6.07) is 1.86. The number of hydrogen-bond acceptors (Lipinski definition) is 5. The van der Waals surface area contributed by atoms with Crippen molar-refractivity contribution in [1.82, 2.24) is 9.88 Å². The van der Waals surface area contributed by atoms with Crippen LogP contribution in [0.2, 0.25) is 0 Å². The first kappa shape index (κ1) is 18.5. The number of carbonyl (C=O) groups excluding carboxylic acids is 1. The molecule has 1 atom stereocenters. The fourth-order valence-corrected chi connectivity index (χ4v) is 3.45. The van der Waals surface area contributed by atoms with Gasteiger partial charge in [-0.2, -0.15) is 18.4 Å². The quantitative estimate of drug-likeness (QED) is 0.704. The number of amides is 1. The molecule has 0 spiro atoms. The van der Waals surface area contributed by atoms with Crippen LogP contribution >= 0.6 is 0 Å². The number of carbonyl (C=O) groups is 1. The molecule has 1 fully saturated rings. The van der Waals surface area contributed by atoms with E-state index in [9.17, 15) is 18.0 Å². The summed E-state index contributed by atoms with van der Waals surface area (Å²) in [6.45, 7) is 7.72. The van der Waals surface area contributed by atoms with Crippen molar-refractivity contribution in [1.29, 1.82) is 5.26 Å². The molecule has 1 saturated heterocycles. The van der Waals surface area contributed by atoms with Gasteiger partial charge in [0.1, 0.15) is 12.1 Å². The third-order valence-corrected chi connectivity index (χ3v) is 4.97. The smallest absolute Gasteiger partial charge is 0.340 e. The highest BCUT2D eigenvalue weighted by Crippen LogP contribution is 2.41. The Labute approximate surface area is 149 Å². The zero-order valence-electron chi connectivity index (χ0n) is 15.1. The van der Waals surface area contributed by atoms with Crippen LogP contribution in [0.25, 0.3) is 0 Å². The van der Waals surface area contributed by atoms with Crippen LogP contribution < -0.4 is 9.80 Å². The Balaban J connectivity index is 2.09. The lowest BCUT2D eigenvalue weighted by atomic mass is 9.99. The summed E-state index contributed by atoms with van der Waals surface area (Å²) in [5, 5.41) is 9.13. The summed E-state index contributed by atoms with van der Waals surface area (Å²) in [5.74, 6) is -0.0127. The largest absolute Gasteiger partial charge is 0.419 e. The first-order valence-corrected chi connectivity index (χ1v) is 8.26. The van der Waals surface area contributed by atoms with Crippen LogP contribution in [0.3, 0.4) is 0 Å². The molecule has 1 amide bonds. The summed E-state index contributed by atoms with van der Waals surface area (Å²) in [6.07, 6.45) is -4.71. The third kappa shape index (κ3) is 2.88. The predicted octanol–water partition coefficient (Wildman–Crippen LogP) is 2.24. The fraction of sp³-hybridized carbons (Fsp3) is 0.588. The van der Waals surface area contributed by atoms with Gasteiger partial charge in [0.25, 0.3) is 5.91 Å². The van der Waals surface area contributed by atoms with Crippen LogP contribution in [0.4, 0.5) is 24.7 Å². The zero-order chi connectivity index (χ0) is 19.4. The molecule has 0 N–H and O–H groups in total. The standard InChI is InChI=1S/C17H20F3N5O/c1-16(2,3)24-5-6-25-13(9-24)15(26)23(4)12-7-10(17(18,19)20)11(8-21)22-14(12)25/h7,13H,5-6,9H2,1-4H3/t13-/m0/s1. The van der Waals surface area contributed by atoms with Gasteiger partial charge < -0.3 is 9.80 Å². The average molecular weight is 367 g/mol. The molecule has 9 heteroatoms. The minimum absolute atomic E-state index is 0.0850. The van der Waals surface area contributed by atoms with Crippen LogP contribution in [0.1, 0.15) is 32.0 Å². The van der Waals surface area contributed by atoms with E-state index in [-0.39, 0.29) is 23.0 Å². The van der Waals surface area contributed by atoms with Gasteiger partial charge in [-0.1, -0.05) is 0 Å². The molecule has 140 valence electrons. The first-order valence-electron chi connectivity index (χ1n) is 8.26. The van der Waals surface area contributed by atoms with Gasteiger partial charge in [-0.25, -0.2) is 4.98 Å². The number of alkyl halides is 3. The van der Waals surface area contributed by atoms with E-state index in [0.717, 1.165) is 6.07 Å². The van der Waals surface area contributed by atoms with Crippen LogP contribution in [-0.2, 0) is 11.0 Å². The highest BCUT2D eigenvalue weighted by Gasteiger charge is 2.45. The molecule has 0 aliphatic carbocycles. The Morgan fingerprint density at radius 2 is 1.92 bits per heavy atom. The zero-order valence-corrected chi connectivity index (χ0v) is 15.1. The summed E-state index contributed by atoms with van der Waals surface area (Å²) in [7, 11) is 1.45. The maximum Gasteiger partial charge on any atom is 0.419 e. The van der Waals surface area contributed by atoms with Crippen molar-refractivity contribution >= 4 is 17.4 Å². The molecule has 2 aliphatic heterocycles. The van der Waals surface area contributed by atoms with Crippen molar-refractivity contribution in [3.8, 4) is 6.07 Å². The molecular weight excluding hydrogens is 347 g/mol. The molecule has 0 saturated carbocycles. The number of nitriles is 1. The lowest BCUT2D eigenvalue weighted by Crippen LogP contribution is -2.65. The number of pyridine rings is 1. The molecule has 0 radical (unpaired) electrons. The number of likely N-dealkylation sites (N-methyl/N-ethyl adjacent to an activating group) is 1. The van der Waals surface area contributed by atoms with E-state index in [1.165, 1.54) is 18.0 Å². The summed E-state index contributed by atoms with van der Waals surface area (Å²) >= 11 is 0. The van der Waals surface area contributed by atoms with Crippen molar-refractivity contribution in [2.45, 2.75) is 38.5 Å². The minimum Gasteiger partial charge on any atom is -0.340 e. The SMILES string of the molecule is CN1C(=O)[C@@H]2CN(C(C)(C)C)CCN2c2nc(C#N)c(C(F)(F)F)cc21. The summed E-state index contributed by atoms with van der Waals surface area (Å²) in [5.41, 5.74) is -1.83. The van der Waals surface area contributed by atoms with Crippen LogP contribution in [0.15, 0.2) is 6.07 Å². The maximum absolute atomic E-state index is 13.2. The number of rotatable bonds is 0. The van der Waals surface area contributed by atoms with Crippen LogP contribution in [-0.4, -0.2) is 54.1 Å². The number of halogens is 3. The van der Waals surface area contributed by atoms with E-state index in [1.807, 2.05) is 0 Å². The highest BCUT2D eigenvalue weighted by atomic mass is 19.4. The fourth-order valence-electron chi connectivity index (χ4n) is 3.45. The number of fused-ring (bicyclic) bond motifs is 3. The molecule has 1 aromatic rings.